The van der Waals surface area contributed by atoms with E-state index in [9.17, 15) is 9.59 Å². The molecule has 0 aliphatic carbocycles. The van der Waals surface area contributed by atoms with Gasteiger partial charge in [-0.1, -0.05) is 36.2 Å². The molecule has 0 saturated carbocycles. The molecule has 0 atom stereocenters. The first kappa shape index (κ1) is 19.3. The van der Waals surface area contributed by atoms with E-state index in [1.807, 2.05) is 25.1 Å². The van der Waals surface area contributed by atoms with E-state index in [4.69, 9.17) is 18.0 Å². The van der Waals surface area contributed by atoms with Crippen LogP contribution in [0.25, 0.3) is 0 Å². The Morgan fingerprint density at radius 3 is 2.54 bits per heavy atom. The minimum atomic E-state index is -0.297. The quantitative estimate of drug-likeness (QED) is 0.625. The summed E-state index contributed by atoms with van der Waals surface area (Å²) in [6.45, 7) is 5.88. The molecule has 2 aromatic rings. The highest BCUT2D eigenvalue weighted by Crippen LogP contribution is 2.18. The van der Waals surface area contributed by atoms with Gasteiger partial charge in [0.15, 0.2) is 0 Å². The van der Waals surface area contributed by atoms with E-state index >= 15 is 0 Å². The Labute approximate surface area is 158 Å². The maximum atomic E-state index is 12.3. The molecule has 0 aliphatic rings. The number of nitrogens with zero attached hydrogens (tertiary/aromatic N) is 1. The summed E-state index contributed by atoms with van der Waals surface area (Å²) in [4.78, 5) is 25.6. The summed E-state index contributed by atoms with van der Waals surface area (Å²) in [5.41, 5.74) is 2.99. The van der Waals surface area contributed by atoms with Crippen molar-refractivity contribution in [1.29, 1.82) is 0 Å². The second-order valence-electron chi connectivity index (χ2n) is 5.66. The molecule has 0 aromatic heterocycles. The number of aryl methyl sites for hydroxylation is 1. The SMILES string of the molecule is C#CCN(C(=O)C=C)c1ccc(C(=O)NCc2ccc(C)cc2Cl)cc1. The van der Waals surface area contributed by atoms with Crippen molar-refractivity contribution in [2.24, 2.45) is 0 Å². The van der Waals surface area contributed by atoms with Crippen LogP contribution in [-0.4, -0.2) is 18.4 Å². The molecule has 0 aliphatic heterocycles. The highest BCUT2D eigenvalue weighted by molar-refractivity contribution is 6.31. The fourth-order valence-electron chi connectivity index (χ4n) is 2.36. The Kier molecular flexibility index (Phi) is 6.60. The zero-order valence-electron chi connectivity index (χ0n) is 14.5. The van der Waals surface area contributed by atoms with Crippen molar-refractivity contribution in [3.8, 4) is 12.3 Å². The molecule has 26 heavy (non-hydrogen) atoms. The smallest absolute Gasteiger partial charge is 0.251 e. The van der Waals surface area contributed by atoms with Crippen LogP contribution in [0.3, 0.4) is 0 Å². The number of benzene rings is 2. The van der Waals surface area contributed by atoms with Crippen LogP contribution in [0.15, 0.2) is 55.1 Å². The molecule has 0 spiro atoms. The summed E-state index contributed by atoms with van der Waals surface area (Å²) in [5, 5.41) is 3.45. The second kappa shape index (κ2) is 8.89. The number of halogens is 1. The van der Waals surface area contributed by atoms with Gasteiger partial charge in [-0.15, -0.1) is 6.42 Å². The molecule has 0 bridgehead atoms. The van der Waals surface area contributed by atoms with Gasteiger partial charge in [0.1, 0.15) is 0 Å². The van der Waals surface area contributed by atoms with Crippen LogP contribution in [0.4, 0.5) is 5.69 Å². The van der Waals surface area contributed by atoms with E-state index < -0.39 is 0 Å². The van der Waals surface area contributed by atoms with Crippen molar-refractivity contribution in [2.45, 2.75) is 13.5 Å². The Hall–Kier alpha value is -3.03. The molecule has 1 N–H and O–H groups in total. The summed E-state index contributed by atoms with van der Waals surface area (Å²) < 4.78 is 0. The Morgan fingerprint density at radius 1 is 1.27 bits per heavy atom. The number of carbonyl (C=O) groups excluding carboxylic acids is 2. The predicted molar refractivity (Wildman–Crippen MR) is 105 cm³/mol. The Bertz CT molecular complexity index is 867. The van der Waals surface area contributed by atoms with Gasteiger partial charge in [-0.3, -0.25) is 14.5 Å². The van der Waals surface area contributed by atoms with Crippen molar-refractivity contribution in [1.82, 2.24) is 5.32 Å². The van der Waals surface area contributed by atoms with Gasteiger partial charge in [0, 0.05) is 22.8 Å². The van der Waals surface area contributed by atoms with Crippen LogP contribution in [0.5, 0.6) is 0 Å². The molecule has 0 unspecified atom stereocenters. The zero-order valence-corrected chi connectivity index (χ0v) is 15.2. The van der Waals surface area contributed by atoms with Gasteiger partial charge in [0.2, 0.25) is 0 Å². The fourth-order valence-corrected chi connectivity index (χ4v) is 2.67. The van der Waals surface area contributed by atoms with Crippen molar-refractivity contribution in [3.05, 3.63) is 76.8 Å². The van der Waals surface area contributed by atoms with Gasteiger partial charge >= 0.3 is 0 Å². The van der Waals surface area contributed by atoms with Gasteiger partial charge in [0.25, 0.3) is 11.8 Å². The lowest BCUT2D eigenvalue weighted by atomic mass is 10.1. The largest absolute Gasteiger partial charge is 0.348 e. The molecular formula is C21H19ClN2O2. The van der Waals surface area contributed by atoms with Crippen molar-refractivity contribution >= 4 is 29.1 Å². The van der Waals surface area contributed by atoms with Gasteiger partial charge in [0.05, 0.1) is 6.54 Å². The van der Waals surface area contributed by atoms with Crippen LogP contribution >= 0.6 is 11.6 Å². The van der Waals surface area contributed by atoms with E-state index in [1.165, 1.54) is 11.0 Å². The lowest BCUT2D eigenvalue weighted by Crippen LogP contribution is -2.29. The zero-order chi connectivity index (χ0) is 19.1. The maximum Gasteiger partial charge on any atom is 0.251 e. The van der Waals surface area contributed by atoms with E-state index in [0.717, 1.165) is 11.1 Å². The van der Waals surface area contributed by atoms with Gasteiger partial charge in [-0.25, -0.2) is 0 Å². The van der Waals surface area contributed by atoms with Crippen LogP contribution in [0.2, 0.25) is 5.02 Å². The number of hydrogen-bond acceptors (Lipinski definition) is 2. The molecular weight excluding hydrogens is 348 g/mol. The number of rotatable bonds is 6. The van der Waals surface area contributed by atoms with Crippen molar-refractivity contribution < 1.29 is 9.59 Å². The highest BCUT2D eigenvalue weighted by atomic mass is 35.5. The molecule has 2 aromatic carbocycles. The topological polar surface area (TPSA) is 49.4 Å². The summed E-state index contributed by atoms with van der Waals surface area (Å²) >= 11 is 6.17. The van der Waals surface area contributed by atoms with Crippen LogP contribution in [0, 0.1) is 19.3 Å². The summed E-state index contributed by atoms with van der Waals surface area (Å²) in [5.74, 6) is 1.91. The Morgan fingerprint density at radius 2 is 1.96 bits per heavy atom. The lowest BCUT2D eigenvalue weighted by molar-refractivity contribution is -0.114. The molecule has 0 fully saturated rings. The minimum Gasteiger partial charge on any atom is -0.348 e. The molecule has 4 nitrogen and oxygen atoms in total. The molecule has 0 saturated heterocycles. The third-order valence-electron chi connectivity index (χ3n) is 3.78. The van der Waals surface area contributed by atoms with E-state index in [1.54, 1.807) is 24.3 Å². The number of anilines is 1. The predicted octanol–water partition coefficient (Wildman–Crippen LogP) is 3.73. The van der Waals surface area contributed by atoms with Crippen LogP contribution < -0.4 is 10.2 Å². The third kappa shape index (κ3) is 4.75. The maximum absolute atomic E-state index is 12.3. The lowest BCUT2D eigenvalue weighted by Gasteiger charge is -2.18. The molecule has 0 heterocycles. The first-order valence-corrected chi connectivity index (χ1v) is 8.34. The molecule has 2 amide bonds. The molecule has 0 radical (unpaired) electrons. The third-order valence-corrected chi connectivity index (χ3v) is 4.13. The van der Waals surface area contributed by atoms with Gasteiger partial charge in [-0.05, 0) is 54.5 Å². The number of terminal acetylenes is 1. The summed E-state index contributed by atoms with van der Waals surface area (Å²) in [7, 11) is 0. The first-order valence-electron chi connectivity index (χ1n) is 7.97. The van der Waals surface area contributed by atoms with Crippen molar-refractivity contribution in [2.75, 3.05) is 11.4 Å². The number of amides is 2. The first-order chi connectivity index (χ1) is 12.5. The monoisotopic (exact) mass is 366 g/mol. The van der Waals surface area contributed by atoms with E-state index in [2.05, 4.69) is 17.8 Å². The molecule has 2 rings (SSSR count). The number of carbonyl (C=O) groups is 2. The summed E-state index contributed by atoms with van der Waals surface area (Å²) in [6, 6.07) is 12.3. The van der Waals surface area contributed by atoms with Crippen molar-refractivity contribution in [3.63, 3.8) is 0 Å². The van der Waals surface area contributed by atoms with Crippen LogP contribution in [-0.2, 0) is 11.3 Å². The number of nitrogens with one attached hydrogen (secondary N) is 1. The second-order valence-corrected chi connectivity index (χ2v) is 6.06. The normalized spacial score (nSPS) is 9.88. The van der Waals surface area contributed by atoms with E-state index in [-0.39, 0.29) is 18.4 Å². The average molecular weight is 367 g/mol. The van der Waals surface area contributed by atoms with Gasteiger partial charge in [-0.2, -0.15) is 0 Å². The highest BCUT2D eigenvalue weighted by Gasteiger charge is 2.13. The van der Waals surface area contributed by atoms with E-state index in [0.29, 0.717) is 22.8 Å². The van der Waals surface area contributed by atoms with Gasteiger partial charge < -0.3 is 5.32 Å². The standard InChI is InChI=1S/C21H19ClN2O2/c1-4-12-24(20(25)5-2)18-10-8-16(9-11-18)21(26)23-14-17-7-6-15(3)13-19(17)22/h1,5-11,13H,2,12,14H2,3H3,(H,23,26). The Balaban J connectivity index is 2.07. The molecule has 132 valence electrons. The number of hydrogen-bond donors (Lipinski definition) is 1. The minimum absolute atomic E-state index is 0.127. The molecule has 5 heteroatoms. The fraction of sp³-hybridized carbons (Fsp3) is 0.143. The average Bonchev–Trinajstić information content (AvgIpc) is 2.64. The van der Waals surface area contributed by atoms with Crippen LogP contribution in [0.1, 0.15) is 21.5 Å². The summed E-state index contributed by atoms with van der Waals surface area (Å²) in [6.07, 6.45) is 6.50.